The number of alkyl halides is 4. The van der Waals surface area contributed by atoms with E-state index in [2.05, 4.69) is 0 Å². The molecule has 1 aliphatic rings. The van der Waals surface area contributed by atoms with E-state index in [0.29, 0.717) is 0 Å². The molecular formula is C15H12ClF3O3. The summed E-state index contributed by atoms with van der Waals surface area (Å²) in [5.74, 6) is -1.62. The first-order chi connectivity index (χ1) is 10.2. The standard InChI is InChI=1S/C15H12ClF3O3/c1-22-12-7-11(9-5-3-2-4-6-9)14(16,15(17,18)19)8-10(12)13(20)21/h2-7H,8H2,1H3,(H,20,21). The van der Waals surface area contributed by atoms with Gasteiger partial charge in [-0.1, -0.05) is 30.3 Å². The number of carboxylic acids is 1. The zero-order chi connectivity index (χ0) is 16.5. The highest BCUT2D eigenvalue weighted by molar-refractivity contribution is 6.32. The molecule has 0 bridgehead atoms. The van der Waals surface area contributed by atoms with Crippen LogP contribution >= 0.6 is 11.6 Å². The Bertz CT molecular complexity index is 650. The average Bonchev–Trinajstić information content (AvgIpc) is 2.46. The molecule has 1 unspecified atom stereocenters. The molecule has 2 rings (SSSR count). The molecule has 0 fully saturated rings. The normalized spacial score (nSPS) is 22.3. The van der Waals surface area contributed by atoms with Crippen molar-refractivity contribution in [2.45, 2.75) is 17.5 Å². The van der Waals surface area contributed by atoms with Crippen LogP contribution in [0, 0.1) is 0 Å². The zero-order valence-corrected chi connectivity index (χ0v) is 12.2. The number of halogens is 4. The maximum atomic E-state index is 13.5. The summed E-state index contributed by atoms with van der Waals surface area (Å²) < 4.78 is 45.4. The van der Waals surface area contributed by atoms with E-state index < -0.39 is 29.0 Å². The Morgan fingerprint density at radius 1 is 1.32 bits per heavy atom. The number of hydrogen-bond acceptors (Lipinski definition) is 2. The average molecular weight is 333 g/mol. The molecule has 0 aliphatic heterocycles. The van der Waals surface area contributed by atoms with E-state index in [-0.39, 0.29) is 16.9 Å². The molecule has 118 valence electrons. The van der Waals surface area contributed by atoms with Gasteiger partial charge in [0.1, 0.15) is 5.76 Å². The fraction of sp³-hybridized carbons (Fsp3) is 0.267. The molecule has 0 radical (unpaired) electrons. The number of hydrogen-bond donors (Lipinski definition) is 1. The first-order valence-electron chi connectivity index (χ1n) is 6.24. The van der Waals surface area contributed by atoms with Gasteiger partial charge < -0.3 is 9.84 Å². The number of carboxylic acid groups (broad SMARTS) is 1. The summed E-state index contributed by atoms with van der Waals surface area (Å²) in [6, 6.07) is 7.77. The van der Waals surface area contributed by atoms with Crippen LogP contribution in [-0.4, -0.2) is 29.2 Å². The number of carbonyl (C=O) groups is 1. The summed E-state index contributed by atoms with van der Waals surface area (Å²) in [5, 5.41) is 9.10. The summed E-state index contributed by atoms with van der Waals surface area (Å²) in [7, 11) is 1.20. The number of allylic oxidation sites excluding steroid dienone is 2. The Kier molecular flexibility index (Phi) is 4.24. The number of aliphatic carboxylic acids is 1. The van der Waals surface area contributed by atoms with Crippen LogP contribution in [0.25, 0.3) is 5.57 Å². The van der Waals surface area contributed by atoms with E-state index in [4.69, 9.17) is 21.4 Å². The molecule has 0 amide bonds. The van der Waals surface area contributed by atoms with Crippen molar-refractivity contribution in [2.24, 2.45) is 0 Å². The van der Waals surface area contributed by atoms with E-state index in [9.17, 15) is 18.0 Å². The van der Waals surface area contributed by atoms with Gasteiger partial charge in [0, 0.05) is 6.42 Å². The zero-order valence-electron chi connectivity index (χ0n) is 11.4. The van der Waals surface area contributed by atoms with Crippen molar-refractivity contribution in [3.05, 3.63) is 53.3 Å². The molecule has 1 aliphatic carbocycles. The number of ether oxygens (including phenoxy) is 1. The first kappa shape index (κ1) is 16.4. The van der Waals surface area contributed by atoms with Crippen molar-refractivity contribution < 1.29 is 27.8 Å². The summed E-state index contributed by atoms with van der Waals surface area (Å²) in [4.78, 5) is 8.37. The van der Waals surface area contributed by atoms with Crippen molar-refractivity contribution >= 4 is 23.1 Å². The van der Waals surface area contributed by atoms with Gasteiger partial charge in [0.25, 0.3) is 0 Å². The van der Waals surface area contributed by atoms with E-state index in [0.717, 1.165) is 6.08 Å². The van der Waals surface area contributed by atoms with Gasteiger partial charge in [-0.05, 0) is 17.2 Å². The van der Waals surface area contributed by atoms with Crippen LogP contribution in [0.3, 0.4) is 0 Å². The van der Waals surface area contributed by atoms with Crippen molar-refractivity contribution in [3.8, 4) is 0 Å². The SMILES string of the molecule is COC1=C(C(=O)O)CC(Cl)(C(F)(F)F)C(c2ccccc2)=C1. The van der Waals surface area contributed by atoms with Crippen molar-refractivity contribution in [1.82, 2.24) is 0 Å². The van der Waals surface area contributed by atoms with Crippen LogP contribution in [0.5, 0.6) is 0 Å². The van der Waals surface area contributed by atoms with E-state index >= 15 is 0 Å². The molecule has 3 nitrogen and oxygen atoms in total. The summed E-state index contributed by atoms with van der Waals surface area (Å²) in [5.41, 5.74) is -0.479. The van der Waals surface area contributed by atoms with Crippen LogP contribution in [0.15, 0.2) is 47.7 Å². The van der Waals surface area contributed by atoms with Crippen LogP contribution in [0.4, 0.5) is 13.2 Å². The summed E-state index contributed by atoms with van der Waals surface area (Å²) >= 11 is 5.87. The third-order valence-corrected chi connectivity index (χ3v) is 3.98. The quantitative estimate of drug-likeness (QED) is 0.851. The predicted octanol–water partition coefficient (Wildman–Crippen LogP) is 4.00. The highest BCUT2D eigenvalue weighted by Gasteiger charge is 2.58. The molecule has 1 atom stereocenters. The largest absolute Gasteiger partial charge is 0.496 e. The lowest BCUT2D eigenvalue weighted by atomic mass is 9.81. The Labute approximate surface area is 129 Å². The molecule has 1 aromatic rings. The lowest BCUT2D eigenvalue weighted by Gasteiger charge is -2.35. The Morgan fingerprint density at radius 2 is 1.91 bits per heavy atom. The topological polar surface area (TPSA) is 46.5 Å². The smallest absolute Gasteiger partial charge is 0.412 e. The summed E-state index contributed by atoms with van der Waals surface area (Å²) in [6.07, 6.45) is -4.68. The minimum absolute atomic E-state index is 0.133. The monoisotopic (exact) mass is 332 g/mol. The second-order valence-corrected chi connectivity index (χ2v) is 5.40. The number of methoxy groups -OCH3 is 1. The second-order valence-electron chi connectivity index (χ2n) is 4.75. The fourth-order valence-corrected chi connectivity index (χ4v) is 2.60. The maximum absolute atomic E-state index is 13.5. The van der Waals surface area contributed by atoms with Gasteiger partial charge in [-0.3, -0.25) is 0 Å². The minimum atomic E-state index is -4.82. The molecule has 22 heavy (non-hydrogen) atoms. The van der Waals surface area contributed by atoms with Crippen LogP contribution in [0.2, 0.25) is 0 Å². The fourth-order valence-electron chi connectivity index (χ4n) is 2.30. The molecule has 0 saturated carbocycles. The minimum Gasteiger partial charge on any atom is -0.496 e. The van der Waals surface area contributed by atoms with Crippen LogP contribution in [0.1, 0.15) is 12.0 Å². The van der Waals surface area contributed by atoms with E-state index in [1.807, 2.05) is 0 Å². The third kappa shape index (κ3) is 2.70. The van der Waals surface area contributed by atoms with Crippen molar-refractivity contribution in [2.75, 3.05) is 7.11 Å². The molecule has 0 aromatic heterocycles. The van der Waals surface area contributed by atoms with Gasteiger partial charge >= 0.3 is 12.1 Å². The summed E-state index contributed by atoms with van der Waals surface area (Å²) in [6.45, 7) is 0. The van der Waals surface area contributed by atoms with E-state index in [1.165, 1.54) is 19.2 Å². The van der Waals surface area contributed by atoms with Gasteiger partial charge in [0.15, 0.2) is 4.87 Å². The molecule has 0 spiro atoms. The van der Waals surface area contributed by atoms with Gasteiger partial charge in [0.2, 0.25) is 0 Å². The maximum Gasteiger partial charge on any atom is 0.412 e. The lowest BCUT2D eigenvalue weighted by molar-refractivity contribution is -0.149. The van der Waals surface area contributed by atoms with Gasteiger partial charge in [-0.2, -0.15) is 13.2 Å². The Morgan fingerprint density at radius 3 is 2.36 bits per heavy atom. The van der Waals surface area contributed by atoms with Gasteiger partial charge in [-0.25, -0.2) is 4.79 Å². The molecule has 7 heteroatoms. The Hall–Kier alpha value is -1.95. The van der Waals surface area contributed by atoms with Crippen LogP contribution in [-0.2, 0) is 9.53 Å². The lowest BCUT2D eigenvalue weighted by Crippen LogP contribution is -2.43. The molecule has 1 aromatic carbocycles. The molecule has 0 heterocycles. The molecule has 1 N–H and O–H groups in total. The molecule has 0 saturated heterocycles. The van der Waals surface area contributed by atoms with Crippen molar-refractivity contribution in [1.29, 1.82) is 0 Å². The predicted molar refractivity (Wildman–Crippen MR) is 75.3 cm³/mol. The number of benzene rings is 1. The number of rotatable bonds is 3. The third-order valence-electron chi connectivity index (χ3n) is 3.43. The first-order valence-corrected chi connectivity index (χ1v) is 6.62. The van der Waals surface area contributed by atoms with Gasteiger partial charge in [-0.15, -0.1) is 11.6 Å². The van der Waals surface area contributed by atoms with Crippen LogP contribution < -0.4 is 0 Å². The highest BCUT2D eigenvalue weighted by Crippen LogP contribution is 2.52. The Balaban J connectivity index is 2.69. The van der Waals surface area contributed by atoms with Gasteiger partial charge in [0.05, 0.1) is 12.7 Å². The van der Waals surface area contributed by atoms with Crippen molar-refractivity contribution in [3.63, 3.8) is 0 Å². The second kappa shape index (κ2) is 5.68. The van der Waals surface area contributed by atoms with E-state index in [1.54, 1.807) is 18.2 Å². The molecular weight excluding hydrogens is 321 g/mol. The highest BCUT2D eigenvalue weighted by atomic mass is 35.5.